The van der Waals surface area contributed by atoms with E-state index in [1.54, 1.807) is 13.8 Å². The average molecular weight is 493 g/mol. The molecule has 3 fully saturated rings. The van der Waals surface area contributed by atoms with Crippen molar-refractivity contribution in [2.75, 3.05) is 6.61 Å². The Bertz CT molecular complexity index is 930. The quantitative estimate of drug-likeness (QED) is 0.421. The van der Waals surface area contributed by atoms with Crippen LogP contribution in [0.15, 0.2) is 11.6 Å². The minimum absolute atomic E-state index is 0.0162. The van der Waals surface area contributed by atoms with Gasteiger partial charge in [-0.25, -0.2) is 4.39 Å². The van der Waals surface area contributed by atoms with E-state index in [4.69, 9.17) is 9.47 Å². The minimum atomic E-state index is -1.80. The standard InChI is InChI=1S/C28H41FO6/c1-6-23(32)34-16-22(31)28(35-24(33)7-2)17(3)14-20-19-12-11-18-10-8-9-13-25(18,4)27(19,29)21(30)15-26(20,28)5/h10,17,19-21,30H,6-9,11-16H2,1-5H3/t17-,19-,20-,21-,25-,26-,27-,28-/m0/s1. The van der Waals surface area contributed by atoms with Crippen LogP contribution in [0.4, 0.5) is 4.39 Å². The number of ether oxygens (including phenoxy) is 2. The van der Waals surface area contributed by atoms with Crippen molar-refractivity contribution in [1.82, 2.24) is 0 Å². The number of halogens is 1. The van der Waals surface area contributed by atoms with Gasteiger partial charge in [-0.05, 0) is 50.9 Å². The Morgan fingerprint density at radius 3 is 2.49 bits per heavy atom. The molecule has 1 N–H and O–H groups in total. The maximum atomic E-state index is 17.4. The summed E-state index contributed by atoms with van der Waals surface area (Å²) in [5.74, 6) is -2.60. The molecule has 0 unspecified atom stereocenters. The van der Waals surface area contributed by atoms with E-state index in [0.717, 1.165) is 24.8 Å². The molecule has 8 atom stereocenters. The van der Waals surface area contributed by atoms with Crippen molar-refractivity contribution >= 4 is 17.7 Å². The van der Waals surface area contributed by atoms with Gasteiger partial charge in [-0.2, -0.15) is 0 Å². The molecule has 0 saturated heterocycles. The molecule has 3 saturated carbocycles. The van der Waals surface area contributed by atoms with Gasteiger partial charge < -0.3 is 14.6 Å². The average Bonchev–Trinajstić information content (AvgIpc) is 3.04. The zero-order valence-electron chi connectivity index (χ0n) is 21.8. The molecule has 0 radical (unpaired) electrons. The van der Waals surface area contributed by atoms with E-state index in [2.05, 4.69) is 6.08 Å². The highest BCUT2D eigenvalue weighted by Crippen LogP contribution is 2.72. The lowest BCUT2D eigenvalue weighted by Crippen LogP contribution is -2.70. The van der Waals surface area contributed by atoms with E-state index < -0.39 is 64.4 Å². The van der Waals surface area contributed by atoms with Crippen LogP contribution in [0.3, 0.4) is 0 Å². The Labute approximate surface area is 208 Å². The fourth-order valence-electron chi connectivity index (χ4n) is 8.55. The summed E-state index contributed by atoms with van der Waals surface area (Å²) in [5.41, 5.74) is -3.97. The van der Waals surface area contributed by atoms with Crippen LogP contribution < -0.4 is 0 Å². The van der Waals surface area contributed by atoms with Crippen LogP contribution in [0.1, 0.15) is 92.4 Å². The fraction of sp³-hybridized carbons (Fsp3) is 0.821. The van der Waals surface area contributed by atoms with Crippen LogP contribution in [0.2, 0.25) is 0 Å². The molecule has 35 heavy (non-hydrogen) atoms. The molecule has 7 heteroatoms. The number of Topliss-reactive ketones (excluding diaryl/α,β-unsaturated/α-hetero) is 1. The summed E-state index contributed by atoms with van der Waals surface area (Å²) >= 11 is 0. The summed E-state index contributed by atoms with van der Waals surface area (Å²) < 4.78 is 28.6. The van der Waals surface area contributed by atoms with E-state index >= 15 is 4.39 Å². The molecule has 0 aromatic rings. The van der Waals surface area contributed by atoms with Crippen LogP contribution >= 0.6 is 0 Å². The lowest BCUT2D eigenvalue weighted by atomic mass is 9.44. The highest BCUT2D eigenvalue weighted by molar-refractivity contribution is 5.93. The summed E-state index contributed by atoms with van der Waals surface area (Å²) in [5, 5.41) is 11.6. The summed E-state index contributed by atoms with van der Waals surface area (Å²) in [4.78, 5) is 38.3. The Balaban J connectivity index is 1.79. The van der Waals surface area contributed by atoms with Crippen LogP contribution in [0, 0.1) is 28.6 Å². The third-order valence-corrected chi connectivity index (χ3v) is 10.3. The number of alkyl halides is 1. The minimum Gasteiger partial charge on any atom is -0.457 e. The number of ketones is 1. The van der Waals surface area contributed by atoms with Crippen molar-refractivity contribution in [3.05, 3.63) is 11.6 Å². The highest BCUT2D eigenvalue weighted by Gasteiger charge is 2.77. The van der Waals surface area contributed by atoms with Gasteiger partial charge in [0.1, 0.15) is 5.67 Å². The maximum Gasteiger partial charge on any atom is 0.306 e. The molecule has 4 aliphatic rings. The van der Waals surface area contributed by atoms with E-state index in [1.807, 2.05) is 20.8 Å². The van der Waals surface area contributed by atoms with Crippen LogP contribution in [-0.4, -0.2) is 46.8 Å². The summed E-state index contributed by atoms with van der Waals surface area (Å²) in [6.07, 6.45) is 5.53. The molecule has 4 rings (SSSR count). The Hall–Kier alpha value is -1.76. The second kappa shape index (κ2) is 8.97. The molecular formula is C28H41FO6. The van der Waals surface area contributed by atoms with Gasteiger partial charge in [0.25, 0.3) is 0 Å². The Kier molecular flexibility index (Phi) is 6.74. The van der Waals surface area contributed by atoms with Crippen LogP contribution in [0.25, 0.3) is 0 Å². The monoisotopic (exact) mass is 492 g/mol. The third-order valence-electron chi connectivity index (χ3n) is 10.3. The van der Waals surface area contributed by atoms with Crippen LogP contribution in [-0.2, 0) is 23.9 Å². The van der Waals surface area contributed by atoms with Crippen molar-refractivity contribution < 1.29 is 33.4 Å². The third kappa shape index (κ3) is 3.47. The second-order valence-corrected chi connectivity index (χ2v) is 11.7. The van der Waals surface area contributed by atoms with E-state index in [0.29, 0.717) is 19.3 Å². The first-order valence-corrected chi connectivity index (χ1v) is 13.4. The largest absolute Gasteiger partial charge is 0.457 e. The SMILES string of the molecule is CCC(=O)OCC(=O)[C@@]1(OC(=O)CC)[C@@H](C)C[C@H]2[C@@H]3CCC4=CCCC[C@]4(C)[C@@]3(F)[C@@H](O)C[C@@]21C. The van der Waals surface area contributed by atoms with Gasteiger partial charge in [0, 0.05) is 35.5 Å². The van der Waals surface area contributed by atoms with E-state index in [9.17, 15) is 19.5 Å². The second-order valence-electron chi connectivity index (χ2n) is 11.7. The number of aliphatic hydroxyl groups is 1. The predicted octanol–water partition coefficient (Wildman–Crippen LogP) is 4.86. The maximum absolute atomic E-state index is 17.4. The predicted molar refractivity (Wildman–Crippen MR) is 128 cm³/mol. The van der Waals surface area contributed by atoms with Crippen molar-refractivity contribution in [1.29, 1.82) is 0 Å². The molecular weight excluding hydrogens is 451 g/mol. The molecule has 0 bridgehead atoms. The fourth-order valence-corrected chi connectivity index (χ4v) is 8.55. The molecule has 0 aromatic carbocycles. The van der Waals surface area contributed by atoms with Gasteiger partial charge in [-0.3, -0.25) is 14.4 Å². The first-order chi connectivity index (χ1) is 16.4. The molecule has 0 aliphatic heterocycles. The summed E-state index contributed by atoms with van der Waals surface area (Å²) in [6.45, 7) is 8.52. The highest BCUT2D eigenvalue weighted by atomic mass is 19.1. The number of rotatable bonds is 6. The topological polar surface area (TPSA) is 89.9 Å². The first kappa shape index (κ1) is 26.3. The number of carbonyl (C=O) groups is 3. The lowest BCUT2D eigenvalue weighted by molar-refractivity contribution is -0.235. The summed E-state index contributed by atoms with van der Waals surface area (Å²) in [6, 6.07) is 0. The zero-order chi connectivity index (χ0) is 25.8. The van der Waals surface area contributed by atoms with Crippen LogP contribution in [0.5, 0.6) is 0 Å². The molecule has 0 aromatic heterocycles. The number of esters is 2. The first-order valence-electron chi connectivity index (χ1n) is 13.4. The molecule has 0 spiro atoms. The van der Waals surface area contributed by atoms with Gasteiger partial charge in [-0.15, -0.1) is 0 Å². The van der Waals surface area contributed by atoms with Gasteiger partial charge in [0.15, 0.2) is 12.2 Å². The molecule has 4 aliphatic carbocycles. The number of hydrogen-bond donors (Lipinski definition) is 1. The lowest BCUT2D eigenvalue weighted by Gasteiger charge is -2.63. The molecule has 196 valence electrons. The van der Waals surface area contributed by atoms with Gasteiger partial charge in [0.2, 0.25) is 5.78 Å². The normalized spacial score (nSPS) is 44.4. The Morgan fingerprint density at radius 2 is 1.83 bits per heavy atom. The number of aliphatic hydroxyl groups excluding tert-OH is 1. The summed E-state index contributed by atoms with van der Waals surface area (Å²) in [7, 11) is 0. The smallest absolute Gasteiger partial charge is 0.306 e. The van der Waals surface area contributed by atoms with Gasteiger partial charge in [0.05, 0.1) is 6.10 Å². The zero-order valence-corrected chi connectivity index (χ0v) is 21.8. The molecule has 0 heterocycles. The Morgan fingerprint density at radius 1 is 1.14 bits per heavy atom. The van der Waals surface area contributed by atoms with Gasteiger partial charge >= 0.3 is 11.9 Å². The molecule has 0 amide bonds. The van der Waals surface area contributed by atoms with Crippen molar-refractivity contribution in [3.8, 4) is 0 Å². The number of allylic oxidation sites excluding steroid dienone is 2. The van der Waals surface area contributed by atoms with Crippen molar-refractivity contribution in [3.63, 3.8) is 0 Å². The number of fused-ring (bicyclic) bond motifs is 5. The van der Waals surface area contributed by atoms with Crippen molar-refractivity contribution in [2.24, 2.45) is 28.6 Å². The molecule has 6 nitrogen and oxygen atoms in total. The number of carbonyl (C=O) groups excluding carboxylic acids is 3. The number of hydrogen-bond acceptors (Lipinski definition) is 6. The van der Waals surface area contributed by atoms with Gasteiger partial charge in [-0.1, -0.05) is 46.3 Å². The van der Waals surface area contributed by atoms with Crippen molar-refractivity contribution in [2.45, 2.75) is 110 Å². The van der Waals surface area contributed by atoms with E-state index in [-0.39, 0.29) is 25.2 Å². The van der Waals surface area contributed by atoms with E-state index in [1.165, 1.54) is 0 Å².